The van der Waals surface area contributed by atoms with Crippen LogP contribution in [-0.4, -0.2) is 20.5 Å². The second-order valence-electron chi connectivity index (χ2n) is 4.48. The first-order chi connectivity index (χ1) is 10.1. The number of ether oxygens (including phenoxy) is 1. The van der Waals surface area contributed by atoms with Crippen LogP contribution in [0.1, 0.15) is 16.2 Å². The van der Waals surface area contributed by atoms with E-state index < -0.39 is 5.91 Å². The molecule has 106 valence electrons. The minimum absolute atomic E-state index is 0.177. The summed E-state index contributed by atoms with van der Waals surface area (Å²) < 4.78 is 7.11. The molecule has 1 aromatic carbocycles. The summed E-state index contributed by atoms with van der Waals surface area (Å²) in [5, 5.41) is 4.31. The molecule has 0 bridgehead atoms. The summed E-state index contributed by atoms with van der Waals surface area (Å²) in [5.41, 5.74) is 12.9. The van der Waals surface area contributed by atoms with E-state index in [1.165, 1.54) is 10.7 Å². The van der Waals surface area contributed by atoms with E-state index in [-0.39, 0.29) is 12.3 Å². The number of rotatable bonds is 4. The number of imidazole rings is 1. The summed E-state index contributed by atoms with van der Waals surface area (Å²) in [6.45, 7) is 0.281. The van der Waals surface area contributed by atoms with Crippen LogP contribution in [0.25, 0.3) is 5.65 Å². The van der Waals surface area contributed by atoms with Crippen LogP contribution in [0.2, 0.25) is 0 Å². The van der Waals surface area contributed by atoms with Gasteiger partial charge in [0.1, 0.15) is 18.1 Å². The maximum atomic E-state index is 11.1. The van der Waals surface area contributed by atoms with Crippen molar-refractivity contribution in [3.8, 4) is 5.75 Å². The molecule has 2 heterocycles. The SMILES string of the molecule is NC(=O)c1cn2nc(COc3cccc(N)c3)ccc2n1. The van der Waals surface area contributed by atoms with Crippen molar-refractivity contribution in [2.45, 2.75) is 6.61 Å². The van der Waals surface area contributed by atoms with E-state index in [1.807, 2.05) is 12.1 Å². The molecule has 2 aromatic heterocycles. The molecule has 3 aromatic rings. The Morgan fingerprint density at radius 2 is 2.14 bits per heavy atom. The molecule has 4 N–H and O–H groups in total. The van der Waals surface area contributed by atoms with Gasteiger partial charge in [0, 0.05) is 11.8 Å². The van der Waals surface area contributed by atoms with Crippen LogP contribution in [0.15, 0.2) is 42.6 Å². The summed E-state index contributed by atoms with van der Waals surface area (Å²) in [5.74, 6) is 0.0819. The third kappa shape index (κ3) is 2.76. The highest BCUT2D eigenvalue weighted by Gasteiger charge is 2.08. The Morgan fingerprint density at radius 1 is 1.29 bits per heavy atom. The predicted octanol–water partition coefficient (Wildman–Crippen LogP) is 0.989. The number of carbonyl (C=O) groups excluding carboxylic acids is 1. The van der Waals surface area contributed by atoms with Crippen molar-refractivity contribution in [3.05, 3.63) is 54.0 Å². The van der Waals surface area contributed by atoms with Gasteiger partial charge in [0.25, 0.3) is 5.91 Å². The first-order valence-electron chi connectivity index (χ1n) is 6.25. The van der Waals surface area contributed by atoms with Gasteiger partial charge in [-0.25, -0.2) is 9.50 Å². The number of amides is 1. The van der Waals surface area contributed by atoms with Crippen molar-refractivity contribution >= 4 is 17.2 Å². The normalized spacial score (nSPS) is 10.7. The Morgan fingerprint density at radius 3 is 2.90 bits per heavy atom. The Kier molecular flexibility index (Phi) is 3.15. The number of hydrogen-bond acceptors (Lipinski definition) is 5. The molecular weight excluding hydrogens is 270 g/mol. The van der Waals surface area contributed by atoms with E-state index in [0.717, 1.165) is 0 Å². The molecule has 1 amide bonds. The van der Waals surface area contributed by atoms with Gasteiger partial charge in [-0.05, 0) is 24.3 Å². The van der Waals surface area contributed by atoms with Gasteiger partial charge >= 0.3 is 0 Å². The van der Waals surface area contributed by atoms with Gasteiger partial charge in [-0.15, -0.1) is 0 Å². The van der Waals surface area contributed by atoms with Crippen molar-refractivity contribution in [3.63, 3.8) is 0 Å². The first-order valence-corrected chi connectivity index (χ1v) is 6.25. The Labute approximate surface area is 120 Å². The number of fused-ring (bicyclic) bond motifs is 1. The van der Waals surface area contributed by atoms with E-state index in [0.29, 0.717) is 22.8 Å². The smallest absolute Gasteiger partial charge is 0.268 e. The van der Waals surface area contributed by atoms with E-state index >= 15 is 0 Å². The largest absolute Gasteiger partial charge is 0.487 e. The van der Waals surface area contributed by atoms with Gasteiger partial charge in [0.2, 0.25) is 0 Å². The van der Waals surface area contributed by atoms with Gasteiger partial charge in [-0.2, -0.15) is 5.10 Å². The maximum absolute atomic E-state index is 11.1. The molecule has 0 atom stereocenters. The average Bonchev–Trinajstić information content (AvgIpc) is 2.88. The van der Waals surface area contributed by atoms with E-state index in [9.17, 15) is 4.79 Å². The van der Waals surface area contributed by atoms with Crippen molar-refractivity contribution in [1.29, 1.82) is 0 Å². The molecule has 0 fully saturated rings. The van der Waals surface area contributed by atoms with Gasteiger partial charge in [0.15, 0.2) is 5.65 Å². The predicted molar refractivity (Wildman–Crippen MR) is 76.7 cm³/mol. The Bertz CT molecular complexity index is 812. The molecule has 0 saturated heterocycles. The Balaban J connectivity index is 1.79. The molecule has 0 aliphatic rings. The minimum Gasteiger partial charge on any atom is -0.487 e. The Hall–Kier alpha value is -3.09. The molecule has 3 rings (SSSR count). The van der Waals surface area contributed by atoms with Crippen LogP contribution in [0.3, 0.4) is 0 Å². The molecule has 0 unspecified atom stereocenters. The summed E-state index contributed by atoms with van der Waals surface area (Å²) in [7, 11) is 0. The van der Waals surface area contributed by atoms with Crippen molar-refractivity contribution in [2.24, 2.45) is 5.73 Å². The second-order valence-corrected chi connectivity index (χ2v) is 4.48. The molecule has 21 heavy (non-hydrogen) atoms. The number of nitrogen functional groups attached to an aromatic ring is 1. The topological polar surface area (TPSA) is 109 Å². The number of nitrogens with two attached hydrogens (primary N) is 2. The number of carbonyl (C=O) groups is 1. The molecule has 0 spiro atoms. The lowest BCUT2D eigenvalue weighted by Gasteiger charge is -2.06. The van der Waals surface area contributed by atoms with Crippen LogP contribution in [-0.2, 0) is 6.61 Å². The second kappa shape index (κ2) is 5.12. The zero-order chi connectivity index (χ0) is 14.8. The monoisotopic (exact) mass is 283 g/mol. The summed E-state index contributed by atoms with van der Waals surface area (Å²) in [6.07, 6.45) is 1.49. The number of nitrogens with zero attached hydrogens (tertiary/aromatic N) is 3. The van der Waals surface area contributed by atoms with Crippen LogP contribution in [0.5, 0.6) is 5.75 Å². The van der Waals surface area contributed by atoms with Crippen molar-refractivity contribution in [1.82, 2.24) is 14.6 Å². The van der Waals surface area contributed by atoms with E-state index in [4.69, 9.17) is 16.2 Å². The van der Waals surface area contributed by atoms with Gasteiger partial charge in [-0.3, -0.25) is 4.79 Å². The molecule has 7 heteroatoms. The fraction of sp³-hybridized carbons (Fsp3) is 0.0714. The molecule has 7 nitrogen and oxygen atoms in total. The van der Waals surface area contributed by atoms with Gasteiger partial charge < -0.3 is 16.2 Å². The molecule has 0 saturated carbocycles. The first kappa shape index (κ1) is 12.9. The molecule has 0 radical (unpaired) electrons. The van der Waals surface area contributed by atoms with Gasteiger partial charge in [-0.1, -0.05) is 6.07 Å². The van der Waals surface area contributed by atoms with Crippen molar-refractivity contribution < 1.29 is 9.53 Å². The third-order valence-corrected chi connectivity index (χ3v) is 2.87. The zero-order valence-electron chi connectivity index (χ0n) is 11.1. The number of hydrogen-bond donors (Lipinski definition) is 2. The minimum atomic E-state index is -0.585. The lowest BCUT2D eigenvalue weighted by atomic mass is 10.3. The summed E-state index contributed by atoms with van der Waals surface area (Å²) in [6, 6.07) is 10.7. The highest BCUT2D eigenvalue weighted by molar-refractivity contribution is 5.91. The fourth-order valence-electron chi connectivity index (χ4n) is 1.88. The summed E-state index contributed by atoms with van der Waals surface area (Å²) >= 11 is 0. The highest BCUT2D eigenvalue weighted by Crippen LogP contribution is 2.16. The van der Waals surface area contributed by atoms with E-state index in [1.54, 1.807) is 24.3 Å². The molecule has 0 aliphatic carbocycles. The number of benzene rings is 1. The van der Waals surface area contributed by atoms with Crippen molar-refractivity contribution in [2.75, 3.05) is 5.73 Å². The van der Waals surface area contributed by atoms with Crippen LogP contribution in [0.4, 0.5) is 5.69 Å². The van der Waals surface area contributed by atoms with Crippen LogP contribution < -0.4 is 16.2 Å². The molecule has 0 aliphatic heterocycles. The lowest BCUT2D eigenvalue weighted by Crippen LogP contribution is -2.10. The quantitative estimate of drug-likeness (QED) is 0.694. The molecular formula is C14H13N5O2. The number of anilines is 1. The van der Waals surface area contributed by atoms with Crippen LogP contribution >= 0.6 is 0 Å². The van der Waals surface area contributed by atoms with E-state index in [2.05, 4.69) is 10.1 Å². The number of primary amides is 1. The lowest BCUT2D eigenvalue weighted by molar-refractivity contribution is 0.0996. The standard InChI is InChI=1S/C14H13N5O2/c15-9-2-1-3-11(6-9)21-8-10-4-5-13-17-12(14(16)20)7-19(13)18-10/h1-7H,8,15H2,(H2,16,20). The maximum Gasteiger partial charge on any atom is 0.268 e. The number of aromatic nitrogens is 3. The van der Waals surface area contributed by atoms with Crippen LogP contribution in [0, 0.1) is 0 Å². The fourth-order valence-corrected chi connectivity index (χ4v) is 1.88. The summed E-state index contributed by atoms with van der Waals surface area (Å²) in [4.78, 5) is 15.1. The average molecular weight is 283 g/mol. The zero-order valence-corrected chi connectivity index (χ0v) is 11.1. The highest BCUT2D eigenvalue weighted by atomic mass is 16.5. The van der Waals surface area contributed by atoms with Gasteiger partial charge in [0.05, 0.1) is 11.9 Å². The third-order valence-electron chi connectivity index (χ3n) is 2.87.